The summed E-state index contributed by atoms with van der Waals surface area (Å²) < 4.78 is 27.8. The largest absolute Gasteiger partial charge is 0.507 e. The minimum absolute atomic E-state index is 0.000440. The van der Waals surface area contributed by atoms with E-state index >= 15 is 0 Å². The molecule has 1 aliphatic carbocycles. The third kappa shape index (κ3) is 6.63. The molecule has 13 heteroatoms. The van der Waals surface area contributed by atoms with Crippen LogP contribution >= 0.6 is 0 Å². The molecule has 53 heavy (non-hydrogen) atoms. The van der Waals surface area contributed by atoms with Gasteiger partial charge in [-0.05, 0) is 126 Å². The number of aromatic hydroxyl groups is 1. The first kappa shape index (κ1) is 39.8. The van der Waals surface area contributed by atoms with Crippen molar-refractivity contribution in [1.82, 2.24) is 0 Å². The van der Waals surface area contributed by atoms with Gasteiger partial charge in [0.15, 0.2) is 17.3 Å². The molecule has 3 N–H and O–H groups in total. The molecule has 0 saturated heterocycles. The van der Waals surface area contributed by atoms with Crippen molar-refractivity contribution in [2.24, 2.45) is 0 Å². The van der Waals surface area contributed by atoms with Crippen LogP contribution in [-0.4, -0.2) is 64.8 Å². The van der Waals surface area contributed by atoms with Crippen molar-refractivity contribution in [1.29, 1.82) is 0 Å². The fraction of sp³-hybridized carbons (Fsp3) is 0.325. The Bertz CT molecular complexity index is 2170. The Morgan fingerprint density at radius 2 is 1.13 bits per heavy atom. The number of phenols is 1. The summed E-state index contributed by atoms with van der Waals surface area (Å²) in [5.74, 6) is -5.14. The molecule has 4 rings (SSSR count). The lowest BCUT2D eigenvalue weighted by atomic mass is 9.87. The number of esters is 3. The molecule has 0 bridgehead atoms. The summed E-state index contributed by atoms with van der Waals surface area (Å²) in [6.45, 7) is 15.6. The van der Waals surface area contributed by atoms with Gasteiger partial charge in [0, 0.05) is 17.2 Å². The summed E-state index contributed by atoms with van der Waals surface area (Å²) in [6.07, 6.45) is 2.11. The van der Waals surface area contributed by atoms with Crippen LogP contribution in [0.5, 0.6) is 28.7 Å². The second kappa shape index (κ2) is 14.6. The normalized spacial score (nSPS) is 15.3. The van der Waals surface area contributed by atoms with Crippen LogP contribution in [0.25, 0.3) is 0 Å². The van der Waals surface area contributed by atoms with E-state index in [4.69, 9.17) is 23.7 Å². The van der Waals surface area contributed by atoms with Gasteiger partial charge in [0.05, 0.1) is 25.3 Å². The number of carbonyl (C=O) groups is 5. The number of aromatic carboxylic acids is 1. The van der Waals surface area contributed by atoms with E-state index < -0.39 is 41.0 Å². The van der Waals surface area contributed by atoms with Crippen LogP contribution in [0.2, 0.25) is 0 Å². The minimum atomic E-state index is -2.36. The van der Waals surface area contributed by atoms with Gasteiger partial charge in [-0.3, -0.25) is 4.79 Å². The molecule has 0 saturated carbocycles. The van der Waals surface area contributed by atoms with Crippen LogP contribution in [-0.2, 0) is 14.3 Å². The molecule has 0 spiro atoms. The van der Waals surface area contributed by atoms with E-state index in [0.717, 1.165) is 12.2 Å². The van der Waals surface area contributed by atoms with E-state index in [0.29, 0.717) is 33.4 Å². The number of carboxylic acids is 1. The Balaban J connectivity index is 1.67. The number of aliphatic hydroxyl groups is 1. The van der Waals surface area contributed by atoms with Crippen molar-refractivity contribution >= 4 is 29.7 Å². The van der Waals surface area contributed by atoms with E-state index in [2.05, 4.69) is 0 Å². The first-order chi connectivity index (χ1) is 24.6. The fourth-order valence-corrected chi connectivity index (χ4v) is 6.47. The van der Waals surface area contributed by atoms with Gasteiger partial charge >= 0.3 is 23.9 Å². The lowest BCUT2D eigenvalue weighted by Crippen LogP contribution is -2.47. The molecular formula is C40H42O13. The Morgan fingerprint density at radius 3 is 1.66 bits per heavy atom. The topological polar surface area (TPSA) is 192 Å². The first-order valence-corrected chi connectivity index (χ1v) is 16.4. The molecule has 1 atom stereocenters. The number of rotatable bonds is 9. The maximum Gasteiger partial charge on any atom is 0.356 e. The highest BCUT2D eigenvalue weighted by atomic mass is 16.6. The average molecular weight is 731 g/mol. The van der Waals surface area contributed by atoms with Gasteiger partial charge in [-0.2, -0.15) is 0 Å². The number of phenolic OH excluding ortho intramolecular Hbond substituents is 1. The Labute approximate surface area is 306 Å². The van der Waals surface area contributed by atoms with Gasteiger partial charge in [-0.1, -0.05) is 0 Å². The summed E-state index contributed by atoms with van der Waals surface area (Å²) in [7, 11) is 2.54. The zero-order valence-corrected chi connectivity index (χ0v) is 31.7. The number of hydrogen-bond donors (Lipinski definition) is 3. The highest BCUT2D eigenvalue weighted by molar-refractivity contribution is 6.06. The van der Waals surface area contributed by atoms with Gasteiger partial charge < -0.3 is 39.0 Å². The predicted molar refractivity (Wildman–Crippen MR) is 191 cm³/mol. The quantitative estimate of drug-likeness (QED) is 0.171. The summed E-state index contributed by atoms with van der Waals surface area (Å²) in [6, 6.07) is 1.41. The van der Waals surface area contributed by atoms with Crippen LogP contribution in [0.4, 0.5) is 0 Å². The third-order valence-corrected chi connectivity index (χ3v) is 9.95. The SMILES string of the molecule is COC1=CC(=O)C=C(C)[C@]1(O)C(=O)Oc1c(C)c(C)c(C(=O)Oc2cc(C)c(C(=O)Oc3c(C)c(C)c(C(=O)O)c(C)c3OC)c(O)c2C)c(C)c1C. The van der Waals surface area contributed by atoms with E-state index in [1.807, 2.05) is 0 Å². The van der Waals surface area contributed by atoms with E-state index in [9.17, 15) is 39.3 Å². The van der Waals surface area contributed by atoms with Crippen molar-refractivity contribution in [3.8, 4) is 28.7 Å². The average Bonchev–Trinajstić information content (AvgIpc) is 3.08. The second-order valence-corrected chi connectivity index (χ2v) is 13.0. The molecule has 280 valence electrons. The highest BCUT2D eigenvalue weighted by Crippen LogP contribution is 2.42. The molecule has 0 radical (unpaired) electrons. The smallest absolute Gasteiger partial charge is 0.356 e. The third-order valence-electron chi connectivity index (χ3n) is 9.95. The Hall–Kier alpha value is -5.95. The monoisotopic (exact) mass is 730 g/mol. The standard InChI is InChI=1S/C40H42O13/c1-16-13-27(24(9)32(42)29(16)37(45)52-35-23(8)18(3)30(36(43)44)25(10)34(35)50-12)51-38(46)31-19(4)21(6)33(22(7)20(31)5)53-39(47)40(48)17(2)14-26(41)15-28(40)49-11/h13-15,42,48H,1-12H3,(H,43,44)/t40-/m1/s1. The summed E-state index contributed by atoms with van der Waals surface area (Å²) in [5.41, 5.74) is 0.524. The number of allylic oxidation sites excluding steroid dienone is 2. The van der Waals surface area contributed by atoms with Gasteiger partial charge in [0.1, 0.15) is 28.6 Å². The number of carbonyl (C=O) groups excluding carboxylic acids is 4. The number of aryl methyl sites for hydroxylation is 1. The van der Waals surface area contributed by atoms with Gasteiger partial charge in [0.25, 0.3) is 0 Å². The number of ketones is 1. The van der Waals surface area contributed by atoms with Crippen LogP contribution < -0.4 is 18.9 Å². The summed E-state index contributed by atoms with van der Waals surface area (Å²) in [4.78, 5) is 64.6. The Kier molecular flexibility index (Phi) is 11.0. The lowest BCUT2D eigenvalue weighted by Gasteiger charge is -2.31. The second-order valence-electron chi connectivity index (χ2n) is 13.0. The number of methoxy groups -OCH3 is 2. The zero-order chi connectivity index (χ0) is 40.0. The van der Waals surface area contributed by atoms with E-state index in [-0.39, 0.29) is 67.7 Å². The van der Waals surface area contributed by atoms with Gasteiger partial charge in [0.2, 0.25) is 5.60 Å². The van der Waals surface area contributed by atoms with Gasteiger partial charge in [-0.15, -0.1) is 0 Å². The van der Waals surface area contributed by atoms with Crippen molar-refractivity contribution in [3.05, 3.63) is 96.3 Å². The maximum atomic E-state index is 13.8. The van der Waals surface area contributed by atoms with Crippen LogP contribution in [0.3, 0.4) is 0 Å². The molecule has 13 nitrogen and oxygen atoms in total. The molecule has 0 amide bonds. The van der Waals surface area contributed by atoms with Crippen LogP contribution in [0.1, 0.15) is 88.1 Å². The summed E-state index contributed by atoms with van der Waals surface area (Å²) in [5, 5.41) is 32.3. The van der Waals surface area contributed by atoms with Crippen LogP contribution in [0.15, 0.2) is 29.6 Å². The number of carboxylic acid groups (broad SMARTS) is 1. The lowest BCUT2D eigenvalue weighted by molar-refractivity contribution is -0.151. The molecule has 3 aromatic rings. The molecule has 0 heterocycles. The molecule has 3 aromatic carbocycles. The first-order valence-electron chi connectivity index (χ1n) is 16.4. The molecule has 0 fully saturated rings. The Morgan fingerprint density at radius 1 is 0.604 bits per heavy atom. The van der Waals surface area contributed by atoms with Gasteiger partial charge in [-0.25, -0.2) is 19.2 Å². The molecule has 0 unspecified atom stereocenters. The number of hydrogen-bond acceptors (Lipinski definition) is 12. The predicted octanol–water partition coefficient (Wildman–Crippen LogP) is 6.01. The minimum Gasteiger partial charge on any atom is -0.507 e. The summed E-state index contributed by atoms with van der Waals surface area (Å²) >= 11 is 0. The van der Waals surface area contributed by atoms with E-state index in [1.54, 1.807) is 41.5 Å². The van der Waals surface area contributed by atoms with Crippen LogP contribution in [0, 0.1) is 62.3 Å². The van der Waals surface area contributed by atoms with Crippen molar-refractivity contribution < 1.29 is 63.0 Å². The molecular weight excluding hydrogens is 688 g/mol. The highest BCUT2D eigenvalue weighted by Gasteiger charge is 2.48. The van der Waals surface area contributed by atoms with Crippen molar-refractivity contribution in [3.63, 3.8) is 0 Å². The number of benzene rings is 3. The molecule has 1 aliphatic rings. The fourth-order valence-electron chi connectivity index (χ4n) is 6.47. The van der Waals surface area contributed by atoms with E-state index in [1.165, 1.54) is 48.0 Å². The number of ether oxygens (including phenoxy) is 5. The molecule has 0 aromatic heterocycles. The molecule has 0 aliphatic heterocycles. The zero-order valence-electron chi connectivity index (χ0n) is 31.7. The van der Waals surface area contributed by atoms with Crippen molar-refractivity contribution in [2.75, 3.05) is 14.2 Å². The maximum absolute atomic E-state index is 13.8. The van der Waals surface area contributed by atoms with Crippen molar-refractivity contribution in [2.45, 2.75) is 74.8 Å².